The lowest BCUT2D eigenvalue weighted by molar-refractivity contribution is 0.300. The van der Waals surface area contributed by atoms with Crippen molar-refractivity contribution in [2.75, 3.05) is 26.7 Å². The summed E-state index contributed by atoms with van der Waals surface area (Å²) in [6.07, 6.45) is 2.69. The van der Waals surface area contributed by atoms with Gasteiger partial charge in [-0.1, -0.05) is 0 Å². The smallest absolute Gasteiger partial charge is 0.0701 e. The Morgan fingerprint density at radius 1 is 1.56 bits per heavy atom. The van der Waals surface area contributed by atoms with Crippen molar-refractivity contribution < 1.29 is 0 Å². The molecule has 0 radical (unpaired) electrons. The highest BCUT2D eigenvalue weighted by Crippen LogP contribution is 2.23. The molecule has 16 heavy (non-hydrogen) atoms. The average Bonchev–Trinajstić information content (AvgIpc) is 2.87. The highest BCUT2D eigenvalue weighted by molar-refractivity contribution is 9.11. The van der Waals surface area contributed by atoms with Crippen molar-refractivity contribution in [1.29, 1.82) is 0 Å². The van der Waals surface area contributed by atoms with E-state index >= 15 is 0 Å². The van der Waals surface area contributed by atoms with Crippen molar-refractivity contribution in [3.63, 3.8) is 0 Å². The van der Waals surface area contributed by atoms with Crippen LogP contribution in [0.1, 0.15) is 17.7 Å². The molecule has 1 atom stereocenters. The predicted molar refractivity (Wildman–Crippen MR) is 73.9 cm³/mol. The summed E-state index contributed by atoms with van der Waals surface area (Å²) in [6.45, 7) is 4.73. The molecule has 1 aliphatic rings. The van der Waals surface area contributed by atoms with Gasteiger partial charge >= 0.3 is 0 Å². The number of hydrogen-bond acceptors (Lipinski definition) is 3. The Kier molecular flexibility index (Phi) is 4.82. The molecule has 2 nitrogen and oxygen atoms in total. The largest absolute Gasteiger partial charge is 0.316 e. The summed E-state index contributed by atoms with van der Waals surface area (Å²) in [5.41, 5.74) is 0. The van der Waals surface area contributed by atoms with Gasteiger partial charge in [-0.25, -0.2) is 0 Å². The fourth-order valence-corrected chi connectivity index (χ4v) is 3.71. The zero-order valence-electron chi connectivity index (χ0n) is 9.71. The van der Waals surface area contributed by atoms with Crippen molar-refractivity contribution in [2.24, 2.45) is 5.92 Å². The molecular weight excluding hydrogens is 284 g/mol. The van der Waals surface area contributed by atoms with Gasteiger partial charge in [0, 0.05) is 11.4 Å². The lowest BCUT2D eigenvalue weighted by Gasteiger charge is -2.17. The molecule has 0 spiro atoms. The van der Waals surface area contributed by atoms with Crippen LogP contribution in [-0.4, -0.2) is 31.6 Å². The lowest BCUT2D eigenvalue weighted by atomic mass is 10.1. The van der Waals surface area contributed by atoms with Crippen molar-refractivity contribution in [3.8, 4) is 0 Å². The second kappa shape index (κ2) is 6.15. The molecule has 2 rings (SSSR count). The molecule has 4 heteroatoms. The minimum absolute atomic E-state index is 0.900. The lowest BCUT2D eigenvalue weighted by Crippen LogP contribution is -2.21. The van der Waals surface area contributed by atoms with E-state index in [-0.39, 0.29) is 0 Å². The molecular formula is C12H19BrN2S. The van der Waals surface area contributed by atoms with Crippen LogP contribution in [0.4, 0.5) is 0 Å². The molecule has 0 amide bonds. The summed E-state index contributed by atoms with van der Waals surface area (Å²) in [6, 6.07) is 4.34. The highest BCUT2D eigenvalue weighted by atomic mass is 79.9. The maximum Gasteiger partial charge on any atom is 0.0701 e. The summed E-state index contributed by atoms with van der Waals surface area (Å²) in [4.78, 5) is 3.87. The van der Waals surface area contributed by atoms with E-state index in [4.69, 9.17) is 0 Å². The second-order valence-electron chi connectivity index (χ2n) is 4.59. The monoisotopic (exact) mass is 302 g/mol. The summed E-state index contributed by atoms with van der Waals surface area (Å²) in [5, 5.41) is 3.43. The Bertz CT molecular complexity index is 321. The van der Waals surface area contributed by atoms with Gasteiger partial charge in [0.25, 0.3) is 0 Å². The van der Waals surface area contributed by atoms with Crippen LogP contribution in [-0.2, 0) is 6.54 Å². The topological polar surface area (TPSA) is 15.3 Å². The van der Waals surface area contributed by atoms with Gasteiger partial charge in [-0.2, -0.15) is 0 Å². The van der Waals surface area contributed by atoms with Crippen molar-refractivity contribution in [3.05, 3.63) is 20.8 Å². The van der Waals surface area contributed by atoms with Crippen LogP contribution in [0.15, 0.2) is 15.9 Å². The maximum absolute atomic E-state index is 3.51. The van der Waals surface area contributed by atoms with Crippen LogP contribution in [0, 0.1) is 5.92 Å². The number of nitrogens with zero attached hydrogens (tertiary/aromatic N) is 1. The van der Waals surface area contributed by atoms with Gasteiger partial charge in [0.1, 0.15) is 0 Å². The Balaban J connectivity index is 1.69. The standard InChI is InChI=1S/C12H19BrN2S/c1-15(7-5-10-4-6-14-8-10)9-11-2-3-12(13)16-11/h2-3,10,14H,4-9H2,1H3. The van der Waals surface area contributed by atoms with E-state index in [0.29, 0.717) is 0 Å². The average molecular weight is 303 g/mol. The van der Waals surface area contributed by atoms with Crippen LogP contribution in [0.2, 0.25) is 0 Å². The third kappa shape index (κ3) is 3.84. The van der Waals surface area contributed by atoms with Crippen molar-refractivity contribution in [2.45, 2.75) is 19.4 Å². The Morgan fingerprint density at radius 3 is 3.06 bits per heavy atom. The fourth-order valence-electron chi connectivity index (χ4n) is 2.15. The van der Waals surface area contributed by atoms with E-state index in [2.05, 4.69) is 45.3 Å². The molecule has 1 saturated heterocycles. The van der Waals surface area contributed by atoms with Gasteiger partial charge < -0.3 is 10.2 Å². The first-order chi connectivity index (χ1) is 7.74. The van der Waals surface area contributed by atoms with Crippen molar-refractivity contribution >= 4 is 27.3 Å². The first kappa shape index (κ1) is 12.6. The zero-order valence-corrected chi connectivity index (χ0v) is 12.1. The molecule has 2 heterocycles. The van der Waals surface area contributed by atoms with E-state index in [1.165, 1.54) is 41.1 Å². The zero-order chi connectivity index (χ0) is 11.4. The van der Waals surface area contributed by atoms with Crippen LogP contribution >= 0.6 is 27.3 Å². The van der Waals surface area contributed by atoms with Gasteiger partial charge in [-0.3, -0.25) is 0 Å². The van der Waals surface area contributed by atoms with E-state index in [0.717, 1.165) is 12.5 Å². The van der Waals surface area contributed by atoms with Crippen molar-refractivity contribution in [1.82, 2.24) is 10.2 Å². The first-order valence-electron chi connectivity index (χ1n) is 5.87. The molecule has 0 bridgehead atoms. The van der Waals surface area contributed by atoms with Gasteiger partial charge in [-0.05, 0) is 73.5 Å². The maximum atomic E-state index is 3.51. The molecule has 1 aliphatic heterocycles. The van der Waals surface area contributed by atoms with E-state index in [1.807, 2.05) is 11.3 Å². The number of rotatable bonds is 5. The molecule has 0 aromatic carbocycles. The first-order valence-corrected chi connectivity index (χ1v) is 7.48. The fraction of sp³-hybridized carbons (Fsp3) is 0.667. The van der Waals surface area contributed by atoms with Crippen LogP contribution in [0.5, 0.6) is 0 Å². The van der Waals surface area contributed by atoms with E-state index in [1.54, 1.807) is 0 Å². The molecule has 1 fully saturated rings. The Labute approximate surface area is 110 Å². The molecule has 0 saturated carbocycles. The molecule has 1 N–H and O–H groups in total. The number of hydrogen-bond donors (Lipinski definition) is 1. The third-order valence-electron chi connectivity index (χ3n) is 3.14. The van der Waals surface area contributed by atoms with Gasteiger partial charge in [-0.15, -0.1) is 11.3 Å². The van der Waals surface area contributed by atoms with Gasteiger partial charge in [0.2, 0.25) is 0 Å². The molecule has 1 aromatic heterocycles. The molecule has 90 valence electrons. The summed E-state index contributed by atoms with van der Waals surface area (Å²) < 4.78 is 1.23. The second-order valence-corrected chi connectivity index (χ2v) is 7.14. The SMILES string of the molecule is CN(CCC1CCNC1)Cc1ccc(Br)s1. The van der Waals surface area contributed by atoms with Crippen LogP contribution in [0.25, 0.3) is 0 Å². The third-order valence-corrected chi connectivity index (χ3v) is 4.74. The van der Waals surface area contributed by atoms with Crippen LogP contribution < -0.4 is 5.32 Å². The summed E-state index contributed by atoms with van der Waals surface area (Å²) in [7, 11) is 2.22. The van der Waals surface area contributed by atoms with E-state index in [9.17, 15) is 0 Å². The normalized spacial score (nSPS) is 20.8. The number of halogens is 1. The van der Waals surface area contributed by atoms with Gasteiger partial charge in [0.05, 0.1) is 3.79 Å². The minimum Gasteiger partial charge on any atom is -0.316 e. The molecule has 0 aliphatic carbocycles. The highest BCUT2D eigenvalue weighted by Gasteiger charge is 2.14. The predicted octanol–water partition coefficient (Wildman–Crippen LogP) is 2.94. The van der Waals surface area contributed by atoms with Crippen LogP contribution in [0.3, 0.4) is 0 Å². The molecule has 1 aromatic rings. The Morgan fingerprint density at radius 2 is 2.44 bits per heavy atom. The number of thiophene rings is 1. The summed E-state index contributed by atoms with van der Waals surface area (Å²) >= 11 is 5.34. The van der Waals surface area contributed by atoms with Gasteiger partial charge in [0.15, 0.2) is 0 Å². The molecule has 1 unspecified atom stereocenters. The summed E-state index contributed by atoms with van der Waals surface area (Å²) in [5.74, 6) is 0.900. The Hall–Kier alpha value is 0.1000. The minimum atomic E-state index is 0.900. The number of nitrogens with one attached hydrogen (secondary N) is 1. The van der Waals surface area contributed by atoms with E-state index < -0.39 is 0 Å². The quantitative estimate of drug-likeness (QED) is 0.900.